The molecule has 4 heteroatoms. The lowest BCUT2D eigenvalue weighted by Crippen LogP contribution is -2.09. The minimum absolute atomic E-state index is 0.551. The average Bonchev–Trinajstić information content (AvgIpc) is 2.85. The second-order valence-corrected chi connectivity index (χ2v) is 5.60. The summed E-state index contributed by atoms with van der Waals surface area (Å²) in [6.07, 6.45) is 3.03. The molecule has 0 saturated carbocycles. The normalized spacial score (nSPS) is 11.1. The maximum Gasteiger partial charge on any atom is 0.207 e. The van der Waals surface area contributed by atoms with E-state index in [1.54, 1.807) is 7.11 Å². The fourth-order valence-electron chi connectivity index (χ4n) is 2.26. The Morgan fingerprint density at radius 1 is 1.24 bits per heavy atom. The molecule has 1 N–H and O–H groups in total. The van der Waals surface area contributed by atoms with E-state index in [-0.39, 0.29) is 0 Å². The maximum absolute atomic E-state index is 5.07. The lowest BCUT2D eigenvalue weighted by molar-refractivity contribution is 0.197. The number of hydrogen-bond acceptors (Lipinski definition) is 3. The molecule has 0 saturated heterocycles. The highest BCUT2D eigenvalue weighted by Gasteiger charge is 2.07. The van der Waals surface area contributed by atoms with E-state index in [0.717, 1.165) is 36.9 Å². The molecule has 0 aliphatic heterocycles. The summed E-state index contributed by atoms with van der Waals surface area (Å²) in [7, 11) is 1.72. The molecule has 4 nitrogen and oxygen atoms in total. The van der Waals surface area contributed by atoms with Crippen molar-refractivity contribution < 1.29 is 4.74 Å². The van der Waals surface area contributed by atoms with Gasteiger partial charge in [0.25, 0.3) is 0 Å². The number of aromatic nitrogens is 2. The molecular weight excluding hydrogens is 262 g/mol. The van der Waals surface area contributed by atoms with Crippen molar-refractivity contribution in [3.05, 3.63) is 41.7 Å². The zero-order chi connectivity index (χ0) is 15.2. The second kappa shape index (κ2) is 7.27. The van der Waals surface area contributed by atoms with Gasteiger partial charge in [0.1, 0.15) is 0 Å². The van der Waals surface area contributed by atoms with Crippen LogP contribution in [0.15, 0.2) is 30.5 Å². The highest BCUT2D eigenvalue weighted by Crippen LogP contribution is 2.20. The number of rotatable bonds is 7. The minimum atomic E-state index is 0.551. The molecule has 0 unspecified atom stereocenters. The predicted octanol–water partition coefficient (Wildman–Crippen LogP) is 3.75. The van der Waals surface area contributed by atoms with E-state index in [9.17, 15) is 0 Å². The first-order valence-electron chi connectivity index (χ1n) is 7.51. The molecule has 2 rings (SSSR count). The van der Waals surface area contributed by atoms with Crippen molar-refractivity contribution in [1.82, 2.24) is 9.55 Å². The van der Waals surface area contributed by atoms with Gasteiger partial charge in [-0.3, -0.25) is 4.57 Å². The standard InChI is InChI=1S/C17H25N3O/c1-13(2)15-6-8-16(9-7-15)20-12-14(3)19-17(20)18-10-5-11-21-4/h6-9,12-13H,5,10-11H2,1-4H3,(H,18,19). The number of imidazole rings is 1. The van der Waals surface area contributed by atoms with Crippen molar-refractivity contribution in [1.29, 1.82) is 0 Å². The topological polar surface area (TPSA) is 39.1 Å². The number of anilines is 1. The Balaban J connectivity index is 2.14. The predicted molar refractivity (Wildman–Crippen MR) is 87.4 cm³/mol. The maximum atomic E-state index is 5.07. The molecule has 1 heterocycles. The molecule has 0 radical (unpaired) electrons. The quantitative estimate of drug-likeness (QED) is 0.788. The zero-order valence-corrected chi connectivity index (χ0v) is 13.4. The van der Waals surface area contributed by atoms with Crippen molar-refractivity contribution in [2.75, 3.05) is 25.6 Å². The molecule has 0 atom stereocenters. The van der Waals surface area contributed by atoms with Crippen LogP contribution in [0.5, 0.6) is 0 Å². The second-order valence-electron chi connectivity index (χ2n) is 5.60. The van der Waals surface area contributed by atoms with Gasteiger partial charge in [0.2, 0.25) is 5.95 Å². The summed E-state index contributed by atoms with van der Waals surface area (Å²) in [4.78, 5) is 4.55. The van der Waals surface area contributed by atoms with Gasteiger partial charge in [0, 0.05) is 32.1 Å². The van der Waals surface area contributed by atoms with E-state index >= 15 is 0 Å². The van der Waals surface area contributed by atoms with Crippen molar-refractivity contribution in [2.45, 2.75) is 33.1 Å². The number of aryl methyl sites for hydroxylation is 1. The Morgan fingerprint density at radius 3 is 2.57 bits per heavy atom. The van der Waals surface area contributed by atoms with Gasteiger partial charge in [-0.1, -0.05) is 26.0 Å². The molecule has 0 bridgehead atoms. The van der Waals surface area contributed by atoms with Gasteiger partial charge in [0.05, 0.1) is 5.69 Å². The van der Waals surface area contributed by atoms with Gasteiger partial charge in [-0.05, 0) is 37.0 Å². The summed E-state index contributed by atoms with van der Waals surface area (Å²) in [6, 6.07) is 8.67. The van der Waals surface area contributed by atoms with Gasteiger partial charge in [-0.25, -0.2) is 4.98 Å². The minimum Gasteiger partial charge on any atom is -0.385 e. The van der Waals surface area contributed by atoms with Crippen LogP contribution in [0.2, 0.25) is 0 Å². The van der Waals surface area contributed by atoms with Gasteiger partial charge >= 0.3 is 0 Å². The van der Waals surface area contributed by atoms with Crippen LogP contribution in [-0.4, -0.2) is 29.8 Å². The summed E-state index contributed by atoms with van der Waals surface area (Å²) >= 11 is 0. The fraction of sp³-hybridized carbons (Fsp3) is 0.471. The van der Waals surface area contributed by atoms with Crippen LogP contribution in [0, 0.1) is 6.92 Å². The van der Waals surface area contributed by atoms with E-state index in [1.165, 1.54) is 5.56 Å². The number of benzene rings is 1. The first kappa shape index (κ1) is 15.6. The number of nitrogens with one attached hydrogen (secondary N) is 1. The number of methoxy groups -OCH3 is 1. The Bertz CT molecular complexity index is 558. The number of nitrogens with zero attached hydrogens (tertiary/aromatic N) is 2. The summed E-state index contributed by atoms with van der Waals surface area (Å²) in [5, 5.41) is 3.38. The van der Waals surface area contributed by atoms with Crippen LogP contribution >= 0.6 is 0 Å². The molecule has 0 aliphatic rings. The largest absolute Gasteiger partial charge is 0.385 e. The molecule has 114 valence electrons. The zero-order valence-electron chi connectivity index (χ0n) is 13.4. The van der Waals surface area contributed by atoms with Crippen LogP contribution in [0.1, 0.15) is 37.4 Å². The van der Waals surface area contributed by atoms with Crippen molar-refractivity contribution in [3.8, 4) is 5.69 Å². The van der Waals surface area contributed by atoms with E-state index in [4.69, 9.17) is 4.74 Å². The summed E-state index contributed by atoms with van der Waals surface area (Å²) < 4.78 is 7.17. The molecular formula is C17H25N3O. The molecule has 2 aromatic rings. The fourth-order valence-corrected chi connectivity index (χ4v) is 2.26. The average molecular weight is 287 g/mol. The van der Waals surface area contributed by atoms with Crippen LogP contribution < -0.4 is 5.32 Å². The van der Waals surface area contributed by atoms with Gasteiger partial charge in [-0.15, -0.1) is 0 Å². The summed E-state index contributed by atoms with van der Waals surface area (Å²) in [5.41, 5.74) is 3.50. The van der Waals surface area contributed by atoms with Crippen molar-refractivity contribution in [2.24, 2.45) is 0 Å². The Labute approximate surface area is 127 Å². The molecule has 0 aliphatic carbocycles. The van der Waals surface area contributed by atoms with Gasteiger partial charge in [0.15, 0.2) is 0 Å². The Hall–Kier alpha value is -1.81. The van der Waals surface area contributed by atoms with Crippen LogP contribution in [-0.2, 0) is 4.74 Å². The van der Waals surface area contributed by atoms with Gasteiger partial charge in [-0.2, -0.15) is 0 Å². The highest BCUT2D eigenvalue weighted by atomic mass is 16.5. The van der Waals surface area contributed by atoms with Crippen molar-refractivity contribution in [3.63, 3.8) is 0 Å². The van der Waals surface area contributed by atoms with E-state index in [2.05, 4.69) is 59.2 Å². The monoisotopic (exact) mass is 287 g/mol. The van der Waals surface area contributed by atoms with Crippen LogP contribution in [0.4, 0.5) is 5.95 Å². The van der Waals surface area contributed by atoms with Crippen LogP contribution in [0.3, 0.4) is 0 Å². The molecule has 21 heavy (non-hydrogen) atoms. The number of ether oxygens (including phenoxy) is 1. The number of hydrogen-bond donors (Lipinski definition) is 1. The first-order valence-corrected chi connectivity index (χ1v) is 7.51. The molecule has 0 spiro atoms. The lowest BCUT2D eigenvalue weighted by atomic mass is 10.0. The van der Waals surface area contributed by atoms with Crippen LogP contribution in [0.25, 0.3) is 5.69 Å². The summed E-state index contributed by atoms with van der Waals surface area (Å²) in [5.74, 6) is 1.44. The van der Waals surface area contributed by atoms with E-state index in [1.807, 2.05) is 6.92 Å². The van der Waals surface area contributed by atoms with E-state index < -0.39 is 0 Å². The smallest absolute Gasteiger partial charge is 0.207 e. The molecule has 0 fully saturated rings. The highest BCUT2D eigenvalue weighted by molar-refractivity contribution is 5.44. The SMILES string of the molecule is COCCCNc1nc(C)cn1-c1ccc(C(C)C)cc1. The summed E-state index contributed by atoms with van der Waals surface area (Å²) in [6.45, 7) is 8.04. The molecule has 0 amide bonds. The third kappa shape index (κ3) is 4.08. The Morgan fingerprint density at radius 2 is 1.95 bits per heavy atom. The van der Waals surface area contributed by atoms with Gasteiger partial charge < -0.3 is 10.1 Å². The lowest BCUT2D eigenvalue weighted by Gasteiger charge is -2.11. The molecule has 1 aromatic heterocycles. The molecule has 1 aromatic carbocycles. The van der Waals surface area contributed by atoms with E-state index in [0.29, 0.717) is 5.92 Å². The third-order valence-electron chi connectivity index (χ3n) is 3.47. The van der Waals surface area contributed by atoms with Crippen molar-refractivity contribution >= 4 is 5.95 Å². The third-order valence-corrected chi connectivity index (χ3v) is 3.47. The Kier molecular flexibility index (Phi) is 5.39. The first-order chi connectivity index (χ1) is 10.1.